The van der Waals surface area contributed by atoms with Crippen molar-refractivity contribution in [3.05, 3.63) is 48.0 Å². The van der Waals surface area contributed by atoms with Crippen LogP contribution in [0.3, 0.4) is 0 Å². The molecule has 0 saturated heterocycles. The number of hydrogen-bond donors (Lipinski definition) is 2. The fourth-order valence-electron chi connectivity index (χ4n) is 2.28. The van der Waals surface area contributed by atoms with E-state index in [9.17, 15) is 18.2 Å². The van der Waals surface area contributed by atoms with Crippen molar-refractivity contribution in [1.29, 1.82) is 0 Å². The Bertz CT molecular complexity index is 642. The third-order valence-corrected chi connectivity index (χ3v) is 3.18. The molecule has 0 saturated carbocycles. The highest BCUT2D eigenvalue weighted by Gasteiger charge is 2.33. The van der Waals surface area contributed by atoms with Gasteiger partial charge in [0.15, 0.2) is 0 Å². The van der Waals surface area contributed by atoms with Crippen LogP contribution in [-0.4, -0.2) is 12.1 Å². The van der Waals surface area contributed by atoms with Gasteiger partial charge in [-0.05, 0) is 23.2 Å². The molecule has 0 unspecified atom stereocenters. The summed E-state index contributed by atoms with van der Waals surface area (Å²) < 4.78 is 38.0. The quantitative estimate of drug-likeness (QED) is 0.715. The summed E-state index contributed by atoms with van der Waals surface area (Å²) in [5.41, 5.74) is 1.63. The van der Waals surface area contributed by atoms with Gasteiger partial charge in [0, 0.05) is 11.3 Å². The van der Waals surface area contributed by atoms with E-state index in [4.69, 9.17) is 0 Å². The highest BCUT2D eigenvalue weighted by atomic mass is 19.4. The van der Waals surface area contributed by atoms with Crippen LogP contribution in [0.15, 0.2) is 42.5 Å². The lowest BCUT2D eigenvalue weighted by atomic mass is 9.67. The van der Waals surface area contributed by atoms with Crippen LogP contribution in [0.2, 0.25) is 0 Å². The molecule has 1 heterocycles. The van der Waals surface area contributed by atoms with E-state index in [1.807, 2.05) is 0 Å². The summed E-state index contributed by atoms with van der Waals surface area (Å²) in [6, 6.07) is 10.6. The Labute approximate surface area is 108 Å². The molecular weight excluding hydrogens is 254 g/mol. The first kappa shape index (κ1) is 12.1. The molecule has 3 rings (SSSR count). The molecule has 1 aliphatic rings. The molecular formula is C13H9BF3NO. The number of benzene rings is 2. The van der Waals surface area contributed by atoms with Crippen LogP contribution in [0.4, 0.5) is 18.9 Å². The van der Waals surface area contributed by atoms with Gasteiger partial charge in [0.2, 0.25) is 0 Å². The van der Waals surface area contributed by atoms with Gasteiger partial charge in [-0.15, -0.1) is 0 Å². The van der Waals surface area contributed by atoms with E-state index in [1.165, 1.54) is 6.07 Å². The number of nitrogens with one attached hydrogen (secondary N) is 1. The molecule has 0 radical (unpaired) electrons. The molecule has 19 heavy (non-hydrogen) atoms. The second-order valence-electron chi connectivity index (χ2n) is 4.39. The molecule has 2 nitrogen and oxygen atoms in total. The number of anilines is 1. The van der Waals surface area contributed by atoms with Crippen molar-refractivity contribution in [2.45, 2.75) is 6.18 Å². The Balaban J connectivity index is 2.18. The topological polar surface area (TPSA) is 32.3 Å². The maximum absolute atomic E-state index is 12.7. The number of hydrogen-bond acceptors (Lipinski definition) is 2. The van der Waals surface area contributed by atoms with Gasteiger partial charge in [0.1, 0.15) is 0 Å². The first-order chi connectivity index (χ1) is 8.97. The summed E-state index contributed by atoms with van der Waals surface area (Å²) in [6.07, 6.45) is -4.39. The molecule has 0 fully saturated rings. The number of halogens is 3. The zero-order valence-electron chi connectivity index (χ0n) is 9.70. The van der Waals surface area contributed by atoms with Crippen LogP contribution in [0.1, 0.15) is 5.56 Å². The predicted molar refractivity (Wildman–Crippen MR) is 68.1 cm³/mol. The molecule has 0 spiro atoms. The van der Waals surface area contributed by atoms with Crippen molar-refractivity contribution >= 4 is 18.2 Å². The summed E-state index contributed by atoms with van der Waals surface area (Å²) >= 11 is 0. The minimum absolute atomic E-state index is 0.293. The van der Waals surface area contributed by atoms with Gasteiger partial charge in [-0.1, -0.05) is 30.3 Å². The number of rotatable bonds is 0. The van der Waals surface area contributed by atoms with Crippen molar-refractivity contribution < 1.29 is 18.2 Å². The zero-order chi connectivity index (χ0) is 13.6. The Hall–Kier alpha value is -1.95. The number of alkyl halides is 3. The summed E-state index contributed by atoms with van der Waals surface area (Å²) in [4.78, 5) is 0. The average molecular weight is 263 g/mol. The summed E-state index contributed by atoms with van der Waals surface area (Å²) in [5.74, 6) is 0. The van der Waals surface area contributed by atoms with Crippen LogP contribution in [-0.2, 0) is 6.18 Å². The van der Waals surface area contributed by atoms with Crippen molar-refractivity contribution in [1.82, 2.24) is 0 Å². The van der Waals surface area contributed by atoms with E-state index in [0.29, 0.717) is 16.7 Å². The van der Waals surface area contributed by atoms with Gasteiger partial charge in [-0.2, -0.15) is 13.2 Å². The first-order valence-corrected chi connectivity index (χ1v) is 5.72. The maximum Gasteiger partial charge on any atom is 0.447 e. The Morgan fingerprint density at radius 2 is 1.74 bits per heavy atom. The third-order valence-electron chi connectivity index (χ3n) is 3.18. The number of fused-ring (bicyclic) bond motifs is 3. The molecule has 2 aromatic rings. The minimum atomic E-state index is -4.39. The van der Waals surface area contributed by atoms with Crippen molar-refractivity contribution in [3.8, 4) is 11.1 Å². The first-order valence-electron chi connectivity index (χ1n) is 5.72. The zero-order valence-corrected chi connectivity index (χ0v) is 9.70. The van der Waals surface area contributed by atoms with Gasteiger partial charge >= 0.3 is 13.2 Å². The van der Waals surface area contributed by atoms with Gasteiger partial charge in [0.05, 0.1) is 5.56 Å². The second kappa shape index (κ2) is 4.03. The lowest BCUT2D eigenvalue weighted by Gasteiger charge is -2.24. The molecule has 0 aromatic heterocycles. The monoisotopic (exact) mass is 263 g/mol. The van der Waals surface area contributed by atoms with Crippen molar-refractivity contribution in [3.63, 3.8) is 0 Å². The van der Waals surface area contributed by atoms with E-state index in [-0.39, 0.29) is 0 Å². The standard InChI is InChI=1S/C13H9BF3NO/c15-13(16,17)8-5-6-10-9-3-1-2-4-11(9)14(19)18-12(10)7-8/h1-7,18-19H. The fraction of sp³-hybridized carbons (Fsp3) is 0.0769. The van der Waals surface area contributed by atoms with E-state index in [0.717, 1.165) is 17.7 Å². The molecule has 96 valence electrons. The van der Waals surface area contributed by atoms with Gasteiger partial charge in [-0.25, -0.2) is 0 Å². The van der Waals surface area contributed by atoms with Crippen LogP contribution in [0, 0.1) is 0 Å². The highest BCUT2D eigenvalue weighted by molar-refractivity contribution is 6.72. The molecule has 0 bridgehead atoms. The molecule has 1 aliphatic heterocycles. The van der Waals surface area contributed by atoms with Crippen LogP contribution in [0.25, 0.3) is 11.1 Å². The highest BCUT2D eigenvalue weighted by Crippen LogP contribution is 2.36. The molecule has 0 atom stereocenters. The van der Waals surface area contributed by atoms with Crippen LogP contribution in [0.5, 0.6) is 0 Å². The van der Waals surface area contributed by atoms with Gasteiger partial charge in [0.25, 0.3) is 0 Å². The lowest BCUT2D eigenvalue weighted by molar-refractivity contribution is -0.137. The van der Waals surface area contributed by atoms with E-state index >= 15 is 0 Å². The van der Waals surface area contributed by atoms with Gasteiger partial charge < -0.3 is 10.3 Å². The second-order valence-corrected chi connectivity index (χ2v) is 4.39. The molecule has 6 heteroatoms. The Morgan fingerprint density at radius 1 is 1.00 bits per heavy atom. The fourth-order valence-corrected chi connectivity index (χ4v) is 2.28. The van der Waals surface area contributed by atoms with Crippen molar-refractivity contribution in [2.24, 2.45) is 0 Å². The summed E-state index contributed by atoms with van der Waals surface area (Å²) in [6.45, 7) is 0. The largest absolute Gasteiger partial charge is 0.447 e. The maximum atomic E-state index is 12.7. The van der Waals surface area contributed by atoms with Crippen LogP contribution < -0.4 is 10.7 Å². The smallest absolute Gasteiger partial charge is 0.429 e. The average Bonchev–Trinajstić information content (AvgIpc) is 2.37. The molecule has 0 amide bonds. The van der Waals surface area contributed by atoms with Gasteiger partial charge in [-0.3, -0.25) is 0 Å². The molecule has 0 aliphatic carbocycles. The molecule has 2 N–H and O–H groups in total. The summed E-state index contributed by atoms with van der Waals surface area (Å²) in [5, 5.41) is 12.6. The van der Waals surface area contributed by atoms with Crippen molar-refractivity contribution in [2.75, 3.05) is 5.23 Å². The molecule has 2 aromatic carbocycles. The Morgan fingerprint density at radius 3 is 2.47 bits per heavy atom. The van der Waals surface area contributed by atoms with E-state index in [1.54, 1.807) is 24.3 Å². The lowest BCUT2D eigenvalue weighted by Crippen LogP contribution is -2.42. The van der Waals surface area contributed by atoms with E-state index in [2.05, 4.69) is 5.23 Å². The summed E-state index contributed by atoms with van der Waals surface area (Å²) in [7, 11) is -0.993. The van der Waals surface area contributed by atoms with Crippen LogP contribution >= 0.6 is 0 Å². The Kier molecular flexibility index (Phi) is 2.57. The minimum Gasteiger partial charge on any atom is -0.429 e. The normalized spacial score (nSPS) is 13.6. The third kappa shape index (κ3) is 1.98. The SMILES string of the molecule is OB1Nc2cc(C(F)(F)F)ccc2-c2ccccc21. The predicted octanol–water partition coefficient (Wildman–Crippen LogP) is 2.49. The van der Waals surface area contributed by atoms with E-state index < -0.39 is 18.8 Å².